The van der Waals surface area contributed by atoms with E-state index in [4.69, 9.17) is 9.47 Å². The molecule has 2 aliphatic rings. The molecule has 2 bridgehead atoms. The van der Waals surface area contributed by atoms with Crippen LogP contribution in [0.5, 0.6) is 0 Å². The maximum absolute atomic E-state index is 13.5. The minimum atomic E-state index is -0.696. The number of hydrogen-bond acceptors (Lipinski definition) is 5. The van der Waals surface area contributed by atoms with Gasteiger partial charge in [-0.05, 0) is 68.2 Å². The molecule has 32 heavy (non-hydrogen) atoms. The van der Waals surface area contributed by atoms with Gasteiger partial charge in [0.25, 0.3) is 0 Å². The molecule has 2 heterocycles. The third-order valence-corrected chi connectivity index (χ3v) is 7.68. The molecular weight excluding hydrogens is 400 g/mol. The van der Waals surface area contributed by atoms with Crippen molar-refractivity contribution in [2.75, 3.05) is 34.4 Å². The number of nitrogens with zero attached hydrogens (tertiary/aromatic N) is 1. The topological polar surface area (TPSA) is 50.8 Å². The molecule has 0 aromatic carbocycles. The van der Waals surface area contributed by atoms with Gasteiger partial charge in [-0.2, -0.15) is 0 Å². The number of methoxy groups -OCH3 is 2. The molecule has 0 aliphatic carbocycles. The largest absolute Gasteiger partial charge is 0.497 e. The van der Waals surface area contributed by atoms with Crippen molar-refractivity contribution in [1.82, 2.24) is 10.2 Å². The Kier molecular flexibility index (Phi) is 9.63. The second-order valence-electron chi connectivity index (χ2n) is 9.48. The van der Waals surface area contributed by atoms with Crippen LogP contribution in [0.25, 0.3) is 0 Å². The van der Waals surface area contributed by atoms with E-state index in [1.54, 1.807) is 13.2 Å². The second-order valence-corrected chi connectivity index (χ2v) is 9.48. The summed E-state index contributed by atoms with van der Waals surface area (Å²) in [6.45, 7) is 14.6. The fourth-order valence-electron chi connectivity index (χ4n) is 5.55. The van der Waals surface area contributed by atoms with E-state index in [9.17, 15) is 4.79 Å². The van der Waals surface area contributed by atoms with Gasteiger partial charge in [0.2, 0.25) is 0 Å². The van der Waals surface area contributed by atoms with Crippen LogP contribution in [0.4, 0.5) is 0 Å². The van der Waals surface area contributed by atoms with Crippen LogP contribution in [-0.2, 0) is 14.3 Å². The molecule has 180 valence electrons. The Bertz CT molecular complexity index is 767. The van der Waals surface area contributed by atoms with Gasteiger partial charge in [0.15, 0.2) is 0 Å². The molecule has 1 fully saturated rings. The normalized spacial score (nSPS) is 29.8. The fourth-order valence-corrected chi connectivity index (χ4v) is 5.55. The third-order valence-electron chi connectivity index (χ3n) is 7.68. The minimum absolute atomic E-state index is 0.0770. The smallest absolute Gasteiger partial charge is 0.319 e. The van der Waals surface area contributed by atoms with Crippen molar-refractivity contribution in [3.8, 4) is 0 Å². The van der Waals surface area contributed by atoms with Crippen molar-refractivity contribution in [1.29, 1.82) is 0 Å². The number of allylic oxidation sites excluding steroid dienone is 4. The molecule has 5 nitrogen and oxygen atoms in total. The zero-order valence-corrected chi connectivity index (χ0v) is 21.3. The van der Waals surface area contributed by atoms with E-state index in [-0.39, 0.29) is 12.0 Å². The number of fused-ring (bicyclic) bond motifs is 2. The standard InChI is InChI=1S/C27H44N2O3/c1-9-11-23(31-7)16-20(4)24-14-15-29-18-22(13-12-19(3)10-2)17-27(21(29)5,25(24)28-6)26(30)32-8/h9,11,16,19,21-22,28H,1,10,12-15,17-18H2,2-8H3/b20-16+,23-11+/t19?,21?,22-,27?/m0/s1. The quantitative estimate of drug-likeness (QED) is 0.284. The summed E-state index contributed by atoms with van der Waals surface area (Å²) >= 11 is 0. The van der Waals surface area contributed by atoms with Crippen LogP contribution < -0.4 is 5.32 Å². The van der Waals surface area contributed by atoms with Crippen molar-refractivity contribution in [2.45, 2.75) is 65.8 Å². The van der Waals surface area contributed by atoms with Gasteiger partial charge in [0, 0.05) is 31.9 Å². The summed E-state index contributed by atoms with van der Waals surface area (Å²) in [7, 11) is 5.13. The van der Waals surface area contributed by atoms with Gasteiger partial charge in [-0.25, -0.2) is 0 Å². The molecule has 2 rings (SSSR count). The first-order valence-corrected chi connectivity index (χ1v) is 12.1. The van der Waals surface area contributed by atoms with Gasteiger partial charge in [0.05, 0.1) is 14.2 Å². The summed E-state index contributed by atoms with van der Waals surface area (Å²) in [5, 5.41) is 3.47. The summed E-state index contributed by atoms with van der Waals surface area (Å²) < 4.78 is 11.0. The number of esters is 1. The number of piperidine rings is 1. The minimum Gasteiger partial charge on any atom is -0.497 e. The van der Waals surface area contributed by atoms with Crippen LogP contribution >= 0.6 is 0 Å². The van der Waals surface area contributed by atoms with Crippen molar-refractivity contribution >= 4 is 5.97 Å². The Hall–Kier alpha value is -2.01. The highest BCUT2D eigenvalue weighted by Gasteiger charge is 2.56. The average Bonchev–Trinajstić information content (AvgIpc) is 2.86. The van der Waals surface area contributed by atoms with Crippen molar-refractivity contribution in [2.24, 2.45) is 17.3 Å². The Labute approximate surface area is 195 Å². The second kappa shape index (κ2) is 11.7. The molecule has 0 saturated carbocycles. The summed E-state index contributed by atoms with van der Waals surface area (Å²) in [6.07, 6.45) is 10.9. The first-order valence-electron chi connectivity index (χ1n) is 12.1. The predicted octanol–water partition coefficient (Wildman–Crippen LogP) is 5.22. The van der Waals surface area contributed by atoms with E-state index in [0.717, 1.165) is 49.4 Å². The van der Waals surface area contributed by atoms with Crippen LogP contribution in [0.2, 0.25) is 0 Å². The number of hydrogen-bond donors (Lipinski definition) is 1. The van der Waals surface area contributed by atoms with E-state index >= 15 is 0 Å². The molecule has 0 aromatic rings. The molecule has 4 unspecified atom stereocenters. The van der Waals surface area contributed by atoms with Crippen LogP contribution in [0.3, 0.4) is 0 Å². The van der Waals surface area contributed by atoms with Crippen molar-refractivity contribution in [3.05, 3.63) is 47.4 Å². The highest BCUT2D eigenvalue weighted by atomic mass is 16.5. The molecule has 1 N–H and O–H groups in total. The van der Waals surface area contributed by atoms with Gasteiger partial charge in [-0.1, -0.05) is 39.3 Å². The Morgan fingerprint density at radius 1 is 1.38 bits per heavy atom. The predicted molar refractivity (Wildman–Crippen MR) is 132 cm³/mol. The fraction of sp³-hybridized carbons (Fsp3) is 0.667. The molecular formula is C27H44N2O3. The lowest BCUT2D eigenvalue weighted by Crippen LogP contribution is -2.59. The highest BCUT2D eigenvalue weighted by Crippen LogP contribution is 2.49. The molecule has 0 amide bonds. The van der Waals surface area contributed by atoms with E-state index in [0.29, 0.717) is 11.8 Å². The van der Waals surface area contributed by atoms with E-state index in [1.807, 2.05) is 19.2 Å². The maximum atomic E-state index is 13.5. The Balaban J connectivity index is 2.59. The first-order chi connectivity index (χ1) is 15.3. The lowest BCUT2D eigenvalue weighted by atomic mass is 9.66. The van der Waals surface area contributed by atoms with Crippen molar-refractivity contribution in [3.63, 3.8) is 0 Å². The zero-order valence-electron chi connectivity index (χ0n) is 21.3. The summed E-state index contributed by atoms with van der Waals surface area (Å²) in [6, 6.07) is 0.0770. The van der Waals surface area contributed by atoms with Crippen LogP contribution in [0.1, 0.15) is 59.8 Å². The Morgan fingerprint density at radius 2 is 2.09 bits per heavy atom. The number of nitrogens with one attached hydrogen (secondary N) is 1. The summed E-state index contributed by atoms with van der Waals surface area (Å²) in [5.74, 6) is 1.80. The maximum Gasteiger partial charge on any atom is 0.319 e. The molecule has 5 atom stereocenters. The zero-order chi connectivity index (χ0) is 23.9. The van der Waals surface area contributed by atoms with E-state index in [2.05, 4.69) is 44.5 Å². The Morgan fingerprint density at radius 3 is 2.66 bits per heavy atom. The average molecular weight is 445 g/mol. The number of carbonyl (C=O) groups is 1. The highest BCUT2D eigenvalue weighted by molar-refractivity contribution is 5.82. The monoisotopic (exact) mass is 444 g/mol. The molecule has 0 radical (unpaired) electrons. The van der Waals surface area contributed by atoms with Gasteiger partial charge in [0.1, 0.15) is 11.2 Å². The van der Waals surface area contributed by atoms with E-state index < -0.39 is 5.41 Å². The summed E-state index contributed by atoms with van der Waals surface area (Å²) in [5.41, 5.74) is 2.60. The lowest BCUT2D eigenvalue weighted by molar-refractivity contribution is -0.159. The molecule has 1 saturated heterocycles. The van der Waals surface area contributed by atoms with E-state index in [1.165, 1.54) is 25.5 Å². The van der Waals surface area contributed by atoms with Gasteiger partial charge in [-0.15, -0.1) is 0 Å². The number of ether oxygens (including phenoxy) is 2. The SMILES string of the molecule is C=C/C=C(\C=C(/C)C1=C(NC)C2(C(=O)OC)C[C@H](CCC(C)CC)CN(CC1)C2C)OC. The van der Waals surface area contributed by atoms with Crippen LogP contribution in [0.15, 0.2) is 47.4 Å². The number of carbonyl (C=O) groups excluding carboxylic acids is 1. The third kappa shape index (κ3) is 5.31. The van der Waals surface area contributed by atoms with Crippen LogP contribution in [0, 0.1) is 17.3 Å². The molecule has 0 aromatic heterocycles. The van der Waals surface area contributed by atoms with Crippen molar-refractivity contribution < 1.29 is 14.3 Å². The van der Waals surface area contributed by atoms with Gasteiger partial charge >= 0.3 is 5.97 Å². The van der Waals surface area contributed by atoms with Gasteiger partial charge in [-0.3, -0.25) is 9.69 Å². The van der Waals surface area contributed by atoms with Crippen LogP contribution in [-0.4, -0.2) is 51.3 Å². The van der Waals surface area contributed by atoms with Gasteiger partial charge < -0.3 is 14.8 Å². The lowest BCUT2D eigenvalue weighted by Gasteiger charge is -2.49. The molecule has 0 spiro atoms. The first kappa shape index (κ1) is 26.2. The number of rotatable bonds is 10. The molecule has 2 aliphatic heterocycles. The summed E-state index contributed by atoms with van der Waals surface area (Å²) in [4.78, 5) is 16.0. The molecule has 5 heteroatoms.